The first-order valence-electron chi connectivity index (χ1n) is 4.33. The molecule has 1 aromatic rings. The molecule has 3 nitrogen and oxygen atoms in total. The Bertz CT molecular complexity index is 297. The monoisotopic (exact) mass is 211 g/mol. The van der Waals surface area contributed by atoms with Gasteiger partial charge in [-0.1, -0.05) is 24.4 Å². The van der Waals surface area contributed by atoms with Crippen LogP contribution in [0.4, 0.5) is 0 Å². The van der Waals surface area contributed by atoms with Gasteiger partial charge in [-0.25, -0.2) is 0 Å². The first-order chi connectivity index (χ1) is 6.72. The summed E-state index contributed by atoms with van der Waals surface area (Å²) in [7, 11) is 0. The molecule has 0 aromatic heterocycles. The zero-order valence-electron chi connectivity index (χ0n) is 7.77. The van der Waals surface area contributed by atoms with Crippen molar-refractivity contribution < 1.29 is 9.84 Å². The van der Waals surface area contributed by atoms with Crippen molar-refractivity contribution >= 4 is 17.2 Å². The van der Waals surface area contributed by atoms with E-state index in [9.17, 15) is 0 Å². The average Bonchev–Trinajstić information content (AvgIpc) is 2.18. The van der Waals surface area contributed by atoms with Gasteiger partial charge in [-0.3, -0.25) is 0 Å². The number of thiocarbonyl (C=S) groups is 1. The van der Waals surface area contributed by atoms with Gasteiger partial charge in [-0.05, 0) is 17.7 Å². The molecule has 0 radical (unpaired) electrons. The lowest BCUT2D eigenvalue weighted by Crippen LogP contribution is -2.12. The summed E-state index contributed by atoms with van der Waals surface area (Å²) in [4.78, 5) is 0.456. The minimum atomic E-state index is 0.0488. The highest BCUT2D eigenvalue weighted by Gasteiger charge is 1.95. The number of aliphatic hydroxyl groups is 1. The molecule has 76 valence electrons. The number of hydrogen-bond acceptors (Lipinski definition) is 3. The third kappa shape index (κ3) is 3.72. The molecule has 0 amide bonds. The van der Waals surface area contributed by atoms with Gasteiger partial charge in [0.25, 0.3) is 0 Å². The van der Waals surface area contributed by atoms with Crippen LogP contribution in [0, 0.1) is 0 Å². The molecular weight excluding hydrogens is 198 g/mol. The fourth-order valence-electron chi connectivity index (χ4n) is 0.961. The van der Waals surface area contributed by atoms with Crippen LogP contribution >= 0.6 is 12.2 Å². The number of nitrogens with two attached hydrogens (primary N) is 1. The molecular formula is C10H13NO2S. The van der Waals surface area contributed by atoms with E-state index in [2.05, 4.69) is 0 Å². The Morgan fingerprint density at radius 2 is 2.00 bits per heavy atom. The molecule has 14 heavy (non-hydrogen) atoms. The Morgan fingerprint density at radius 3 is 2.50 bits per heavy atom. The summed E-state index contributed by atoms with van der Waals surface area (Å²) < 4.78 is 5.37. The maximum atomic E-state index is 8.80. The molecule has 0 aliphatic carbocycles. The highest BCUT2D eigenvalue weighted by atomic mass is 32.1. The van der Waals surface area contributed by atoms with E-state index in [-0.39, 0.29) is 6.61 Å². The van der Waals surface area contributed by atoms with Crippen molar-refractivity contribution in [3.63, 3.8) is 0 Å². The summed E-state index contributed by atoms with van der Waals surface area (Å²) in [5.41, 5.74) is 6.19. The lowest BCUT2D eigenvalue weighted by molar-refractivity contribution is 0.281. The van der Waals surface area contributed by atoms with E-state index in [1.807, 2.05) is 24.3 Å². The summed E-state index contributed by atoms with van der Waals surface area (Å²) in [5.74, 6) is 0.762. The zero-order valence-corrected chi connectivity index (χ0v) is 8.59. The predicted molar refractivity (Wildman–Crippen MR) is 59.3 cm³/mol. The van der Waals surface area contributed by atoms with Crippen LogP contribution in [-0.2, 0) is 6.61 Å². The Balaban J connectivity index is 2.40. The second-order valence-corrected chi connectivity index (χ2v) is 3.39. The van der Waals surface area contributed by atoms with Crippen molar-refractivity contribution in [2.75, 3.05) is 6.61 Å². The fraction of sp³-hybridized carbons (Fsp3) is 0.300. The Morgan fingerprint density at radius 1 is 1.36 bits per heavy atom. The van der Waals surface area contributed by atoms with Crippen LogP contribution < -0.4 is 10.5 Å². The van der Waals surface area contributed by atoms with Crippen molar-refractivity contribution in [3.8, 4) is 5.75 Å². The van der Waals surface area contributed by atoms with E-state index in [4.69, 9.17) is 27.8 Å². The minimum absolute atomic E-state index is 0.0488. The summed E-state index contributed by atoms with van der Waals surface area (Å²) in [6, 6.07) is 7.25. The Hall–Kier alpha value is -1.13. The van der Waals surface area contributed by atoms with Crippen molar-refractivity contribution in [2.24, 2.45) is 5.73 Å². The van der Waals surface area contributed by atoms with Crippen LogP contribution in [0.5, 0.6) is 5.75 Å². The third-order valence-electron chi connectivity index (χ3n) is 1.72. The van der Waals surface area contributed by atoms with E-state index in [0.717, 1.165) is 11.3 Å². The standard InChI is InChI=1S/C10H13NO2S/c11-10(14)5-6-13-9-3-1-8(7-12)2-4-9/h1-4,12H,5-7H2,(H2,11,14). The van der Waals surface area contributed by atoms with Crippen molar-refractivity contribution in [2.45, 2.75) is 13.0 Å². The normalized spacial score (nSPS) is 9.79. The Kier molecular flexibility index (Phi) is 4.35. The first-order valence-corrected chi connectivity index (χ1v) is 4.74. The van der Waals surface area contributed by atoms with E-state index in [1.54, 1.807) is 0 Å². The number of aliphatic hydroxyl groups excluding tert-OH is 1. The number of hydrogen-bond donors (Lipinski definition) is 2. The van der Waals surface area contributed by atoms with Crippen molar-refractivity contribution in [1.29, 1.82) is 0 Å². The van der Waals surface area contributed by atoms with Crippen molar-refractivity contribution in [3.05, 3.63) is 29.8 Å². The quantitative estimate of drug-likeness (QED) is 0.719. The molecule has 0 atom stereocenters. The summed E-state index contributed by atoms with van der Waals surface area (Å²) in [6.07, 6.45) is 0.580. The fourth-order valence-corrected chi connectivity index (χ4v) is 1.04. The zero-order chi connectivity index (χ0) is 10.4. The third-order valence-corrected chi connectivity index (χ3v) is 1.93. The smallest absolute Gasteiger partial charge is 0.119 e. The van der Waals surface area contributed by atoms with Gasteiger partial charge in [0, 0.05) is 6.42 Å². The highest BCUT2D eigenvalue weighted by molar-refractivity contribution is 7.80. The van der Waals surface area contributed by atoms with Gasteiger partial charge < -0.3 is 15.6 Å². The minimum Gasteiger partial charge on any atom is -0.493 e. The van der Waals surface area contributed by atoms with Crippen molar-refractivity contribution in [1.82, 2.24) is 0 Å². The lowest BCUT2D eigenvalue weighted by Gasteiger charge is -2.05. The molecule has 4 heteroatoms. The summed E-state index contributed by atoms with van der Waals surface area (Å²) >= 11 is 4.72. The topological polar surface area (TPSA) is 55.5 Å². The molecule has 1 aromatic carbocycles. The number of rotatable bonds is 5. The summed E-state index contributed by atoms with van der Waals surface area (Å²) in [5, 5.41) is 8.80. The summed E-state index contributed by atoms with van der Waals surface area (Å²) in [6.45, 7) is 0.543. The molecule has 0 unspecified atom stereocenters. The van der Waals surface area contributed by atoms with Crippen LogP contribution in [0.25, 0.3) is 0 Å². The maximum Gasteiger partial charge on any atom is 0.119 e. The molecule has 0 spiro atoms. The second kappa shape index (κ2) is 5.57. The van der Waals surface area contributed by atoms with Gasteiger partial charge in [0.2, 0.25) is 0 Å². The molecule has 0 aliphatic rings. The SMILES string of the molecule is NC(=S)CCOc1ccc(CO)cc1. The van der Waals surface area contributed by atoms with Crippen LogP contribution in [-0.4, -0.2) is 16.7 Å². The molecule has 0 bridgehead atoms. The lowest BCUT2D eigenvalue weighted by atomic mass is 10.2. The van der Waals surface area contributed by atoms with Gasteiger partial charge in [0.1, 0.15) is 5.75 Å². The van der Waals surface area contributed by atoms with Crippen LogP contribution in [0.3, 0.4) is 0 Å². The Labute approximate surface area is 88.5 Å². The van der Waals surface area contributed by atoms with Gasteiger partial charge >= 0.3 is 0 Å². The number of benzene rings is 1. The van der Waals surface area contributed by atoms with Crippen LogP contribution in [0.15, 0.2) is 24.3 Å². The van der Waals surface area contributed by atoms with Gasteiger partial charge in [-0.15, -0.1) is 0 Å². The van der Waals surface area contributed by atoms with Gasteiger partial charge in [-0.2, -0.15) is 0 Å². The van der Waals surface area contributed by atoms with E-state index in [0.29, 0.717) is 18.0 Å². The van der Waals surface area contributed by atoms with E-state index < -0.39 is 0 Å². The first kappa shape index (κ1) is 10.9. The molecule has 0 saturated heterocycles. The van der Waals surface area contributed by atoms with E-state index >= 15 is 0 Å². The molecule has 0 fully saturated rings. The molecule has 0 heterocycles. The molecule has 0 aliphatic heterocycles. The van der Waals surface area contributed by atoms with Crippen LogP contribution in [0.2, 0.25) is 0 Å². The average molecular weight is 211 g/mol. The molecule has 1 rings (SSSR count). The van der Waals surface area contributed by atoms with Gasteiger partial charge in [0.15, 0.2) is 0 Å². The van der Waals surface area contributed by atoms with E-state index in [1.165, 1.54) is 0 Å². The van der Waals surface area contributed by atoms with Crippen LogP contribution in [0.1, 0.15) is 12.0 Å². The predicted octanol–water partition coefficient (Wildman–Crippen LogP) is 1.23. The second-order valence-electron chi connectivity index (χ2n) is 2.87. The molecule has 3 N–H and O–H groups in total. The molecule has 0 saturated carbocycles. The highest BCUT2D eigenvalue weighted by Crippen LogP contribution is 2.12. The van der Waals surface area contributed by atoms with Gasteiger partial charge in [0.05, 0.1) is 18.2 Å². The largest absolute Gasteiger partial charge is 0.493 e. The maximum absolute atomic E-state index is 8.80. The number of ether oxygens (including phenoxy) is 1.